The SMILES string of the molecule is Cc1ccc(N(CCCCCN2C(=Cc3sc4ccc(Cl)cc4[n+]3CCCS(=O)(=O)[O-])Sc3ccc(Cl)cc32)C(C)C(=O)[O-])cc1. The van der Waals surface area contributed by atoms with E-state index in [0.717, 1.165) is 67.9 Å². The Hall–Kier alpha value is -2.80. The minimum absolute atomic E-state index is 0.188. The summed E-state index contributed by atoms with van der Waals surface area (Å²) in [5, 5.41) is 14.9. The molecule has 5 rings (SSSR count). The number of carboxylic acids is 1. The van der Waals surface area contributed by atoms with Gasteiger partial charge >= 0.3 is 0 Å². The summed E-state index contributed by atoms with van der Waals surface area (Å²) in [7, 11) is -4.33. The van der Waals surface area contributed by atoms with Crippen molar-refractivity contribution < 1.29 is 27.4 Å². The fourth-order valence-electron chi connectivity index (χ4n) is 5.47. The summed E-state index contributed by atoms with van der Waals surface area (Å²) in [6, 6.07) is 18.6. The van der Waals surface area contributed by atoms with Gasteiger partial charge in [-0.3, -0.25) is 0 Å². The van der Waals surface area contributed by atoms with E-state index >= 15 is 0 Å². The van der Waals surface area contributed by atoms with Crippen LogP contribution in [0.1, 0.15) is 43.2 Å². The topological polar surface area (TPSA) is 108 Å². The Labute approximate surface area is 288 Å². The van der Waals surface area contributed by atoms with Crippen molar-refractivity contribution in [3.63, 3.8) is 0 Å². The Morgan fingerprint density at radius 2 is 1.74 bits per heavy atom. The quantitative estimate of drug-likeness (QED) is 0.0830. The number of hydrogen-bond donors (Lipinski definition) is 0. The number of carbonyl (C=O) groups excluding carboxylic acids is 1. The maximum atomic E-state index is 11.7. The zero-order valence-electron chi connectivity index (χ0n) is 25.4. The van der Waals surface area contributed by atoms with Crippen molar-refractivity contribution in [2.45, 2.75) is 57.0 Å². The van der Waals surface area contributed by atoms with Crippen molar-refractivity contribution in [2.75, 3.05) is 28.6 Å². The smallest absolute Gasteiger partial charge is 0.265 e. The predicted octanol–water partition coefficient (Wildman–Crippen LogP) is 6.47. The van der Waals surface area contributed by atoms with Crippen LogP contribution in [-0.4, -0.2) is 43.8 Å². The summed E-state index contributed by atoms with van der Waals surface area (Å²) >= 11 is 16.0. The molecule has 0 aliphatic carbocycles. The predicted molar refractivity (Wildman–Crippen MR) is 186 cm³/mol. The second kappa shape index (κ2) is 15.0. The molecule has 0 N–H and O–H groups in total. The molecule has 1 aliphatic rings. The summed E-state index contributed by atoms with van der Waals surface area (Å²) in [4.78, 5) is 17.0. The van der Waals surface area contributed by atoms with E-state index < -0.39 is 27.9 Å². The molecular formula is C33H34Cl2N3O5S3-. The lowest BCUT2D eigenvalue weighted by Crippen LogP contribution is -2.47. The second-order valence-electron chi connectivity index (χ2n) is 11.3. The third-order valence-electron chi connectivity index (χ3n) is 7.86. The van der Waals surface area contributed by atoms with Gasteiger partial charge in [0.1, 0.15) is 4.70 Å². The lowest BCUT2D eigenvalue weighted by atomic mass is 10.1. The van der Waals surface area contributed by atoms with E-state index in [1.54, 1.807) is 30.0 Å². The van der Waals surface area contributed by atoms with E-state index in [2.05, 4.69) is 11.0 Å². The molecule has 0 saturated heterocycles. The number of fused-ring (bicyclic) bond motifs is 2. The maximum absolute atomic E-state index is 11.7. The molecule has 8 nitrogen and oxygen atoms in total. The van der Waals surface area contributed by atoms with Gasteiger partial charge in [-0.15, -0.1) is 0 Å². The fourth-order valence-corrected chi connectivity index (χ4v) is 8.57. The number of thiazole rings is 1. The van der Waals surface area contributed by atoms with Gasteiger partial charge in [0.25, 0.3) is 5.01 Å². The van der Waals surface area contributed by atoms with Crippen molar-refractivity contribution >= 4 is 90.1 Å². The number of aromatic nitrogens is 1. The molecule has 0 saturated carbocycles. The van der Waals surface area contributed by atoms with E-state index in [9.17, 15) is 22.9 Å². The molecule has 13 heteroatoms. The van der Waals surface area contributed by atoms with Gasteiger partial charge in [0.15, 0.2) is 6.54 Å². The number of benzene rings is 3. The molecule has 46 heavy (non-hydrogen) atoms. The molecule has 1 unspecified atom stereocenters. The van der Waals surface area contributed by atoms with Crippen molar-refractivity contribution in [1.82, 2.24) is 0 Å². The second-order valence-corrected chi connectivity index (χ2v) is 15.8. The largest absolute Gasteiger partial charge is 0.748 e. The molecule has 3 aromatic carbocycles. The minimum atomic E-state index is -4.33. The van der Waals surface area contributed by atoms with Crippen LogP contribution in [0.3, 0.4) is 0 Å². The Bertz CT molecular complexity index is 1860. The van der Waals surface area contributed by atoms with Crippen LogP contribution in [0.2, 0.25) is 10.0 Å². The summed E-state index contributed by atoms with van der Waals surface area (Å²) in [6.07, 6.45) is 4.82. The van der Waals surface area contributed by atoms with Crippen LogP contribution in [0, 0.1) is 6.92 Å². The number of halogens is 2. The highest BCUT2D eigenvalue weighted by Crippen LogP contribution is 2.48. The van der Waals surface area contributed by atoms with Crippen LogP contribution in [0.4, 0.5) is 11.4 Å². The van der Waals surface area contributed by atoms with Crippen LogP contribution in [0.15, 0.2) is 70.6 Å². The standard InChI is InChI=1S/C33H35Cl2N3O5S3/c1-22-7-11-26(12-8-22)36(23(2)33(39)40)15-4-3-5-16-37-27-19-24(34)9-13-29(27)44-31(37)21-32-38(17-6-18-46(41,42)43)28-20-25(35)10-14-30(28)45-32/h7-14,19-21,23H,3-6,15-18H2,1-2H3,(H-,39,40,41,42,43)/p-1. The Balaban J connectivity index is 1.35. The first-order chi connectivity index (χ1) is 21.9. The number of aliphatic carboxylic acids is 1. The molecule has 0 amide bonds. The lowest BCUT2D eigenvalue weighted by Gasteiger charge is -2.32. The number of carbonyl (C=O) groups is 1. The van der Waals surface area contributed by atoms with Crippen molar-refractivity contribution in [1.29, 1.82) is 0 Å². The average molecular weight is 720 g/mol. The number of aryl methyl sites for hydroxylation is 2. The molecule has 244 valence electrons. The van der Waals surface area contributed by atoms with Crippen LogP contribution in [-0.2, 0) is 21.5 Å². The van der Waals surface area contributed by atoms with Crippen LogP contribution in [0.5, 0.6) is 0 Å². The Morgan fingerprint density at radius 3 is 2.46 bits per heavy atom. The molecule has 1 atom stereocenters. The van der Waals surface area contributed by atoms with Gasteiger partial charge in [0.2, 0.25) is 5.52 Å². The third-order valence-corrected chi connectivity index (χ3v) is 11.3. The maximum Gasteiger partial charge on any atom is 0.265 e. The number of rotatable bonds is 14. The fraction of sp³-hybridized carbons (Fsp3) is 0.333. The number of unbranched alkanes of at least 4 members (excludes halogenated alkanes) is 2. The van der Waals surface area contributed by atoms with Gasteiger partial charge in [-0.25, -0.2) is 8.42 Å². The number of thioether (sulfide) groups is 1. The molecule has 0 spiro atoms. The molecule has 0 bridgehead atoms. The van der Waals surface area contributed by atoms with Gasteiger partial charge in [-0.05, 0) is 75.6 Å². The van der Waals surface area contributed by atoms with E-state index in [-0.39, 0.29) is 6.42 Å². The summed E-state index contributed by atoms with van der Waals surface area (Å²) in [6.45, 7) is 5.31. The van der Waals surface area contributed by atoms with Gasteiger partial charge in [-0.2, -0.15) is 4.57 Å². The first kappa shape index (κ1) is 34.5. The lowest BCUT2D eigenvalue weighted by molar-refractivity contribution is -0.668. The highest BCUT2D eigenvalue weighted by atomic mass is 35.5. The van der Waals surface area contributed by atoms with E-state index in [4.69, 9.17) is 23.2 Å². The van der Waals surface area contributed by atoms with Crippen molar-refractivity contribution in [3.8, 4) is 0 Å². The van der Waals surface area contributed by atoms with Crippen LogP contribution >= 0.6 is 46.3 Å². The first-order valence-corrected chi connectivity index (χ1v) is 18.9. The summed E-state index contributed by atoms with van der Waals surface area (Å²) in [5.74, 6) is -1.55. The molecule has 0 radical (unpaired) electrons. The van der Waals surface area contributed by atoms with Gasteiger partial charge in [-0.1, -0.05) is 64.0 Å². The van der Waals surface area contributed by atoms with Gasteiger partial charge in [0.05, 0.1) is 38.9 Å². The molecule has 0 fully saturated rings. The Morgan fingerprint density at radius 1 is 1.02 bits per heavy atom. The third kappa shape index (κ3) is 8.56. The summed E-state index contributed by atoms with van der Waals surface area (Å²) in [5.41, 5.74) is 3.87. The van der Waals surface area contributed by atoms with Gasteiger partial charge in [0, 0.05) is 52.0 Å². The van der Waals surface area contributed by atoms with E-state index in [1.807, 2.05) is 77.1 Å². The average Bonchev–Trinajstić information content (AvgIpc) is 3.51. The number of hydrogen-bond acceptors (Lipinski definition) is 9. The van der Waals surface area contributed by atoms with Crippen molar-refractivity contribution in [2.24, 2.45) is 0 Å². The van der Waals surface area contributed by atoms with Crippen LogP contribution in [0.25, 0.3) is 16.3 Å². The number of anilines is 2. The van der Waals surface area contributed by atoms with Crippen molar-refractivity contribution in [3.05, 3.63) is 86.3 Å². The monoisotopic (exact) mass is 718 g/mol. The number of carboxylic acid groups (broad SMARTS) is 1. The zero-order valence-corrected chi connectivity index (χ0v) is 29.4. The zero-order chi connectivity index (χ0) is 33.0. The number of nitrogens with zero attached hydrogens (tertiary/aromatic N) is 3. The normalized spacial score (nSPS) is 14.6. The highest BCUT2D eigenvalue weighted by molar-refractivity contribution is 8.03. The Kier molecular flexibility index (Phi) is 11.2. The highest BCUT2D eigenvalue weighted by Gasteiger charge is 2.28. The molecule has 1 aromatic heterocycles. The molecule has 4 aromatic rings. The molecular weight excluding hydrogens is 685 g/mol. The molecule has 2 heterocycles. The van der Waals surface area contributed by atoms with E-state index in [0.29, 0.717) is 23.1 Å². The van der Waals surface area contributed by atoms with E-state index in [1.165, 1.54) is 0 Å². The van der Waals surface area contributed by atoms with Crippen LogP contribution < -0.4 is 19.5 Å². The minimum Gasteiger partial charge on any atom is -0.748 e. The first-order valence-electron chi connectivity index (χ1n) is 15.0. The molecule has 1 aliphatic heterocycles. The summed E-state index contributed by atoms with van der Waals surface area (Å²) < 4.78 is 37.0. The van der Waals surface area contributed by atoms with Gasteiger partial charge < -0.3 is 24.3 Å².